The largest absolute Gasteiger partial charge is 0.444 e. The molecule has 8 heteroatoms. The van der Waals surface area contributed by atoms with Crippen LogP contribution in [0.2, 0.25) is 0 Å². The van der Waals surface area contributed by atoms with E-state index >= 15 is 0 Å². The van der Waals surface area contributed by atoms with Crippen molar-refractivity contribution >= 4 is 17.7 Å². The van der Waals surface area contributed by atoms with Crippen LogP contribution in [0.5, 0.6) is 0 Å². The monoisotopic (exact) mass is 346 g/mol. The molecule has 1 N–H and O–H groups in total. The van der Waals surface area contributed by atoms with Crippen LogP contribution in [0.4, 0.5) is 23.7 Å². The standard InChI is InChI=1S/C16H21F3N2O3/c1-11(22)21(10-9-20-14(23)24-15(2,3)4)13-8-6-5-7-12(13)16(17,18)19/h5-8H,9-10H2,1-4H3,(H,20,23). The van der Waals surface area contributed by atoms with Crippen LogP contribution in [0.25, 0.3) is 0 Å². The second-order valence-electron chi connectivity index (χ2n) is 6.11. The van der Waals surface area contributed by atoms with E-state index < -0.39 is 29.3 Å². The highest BCUT2D eigenvalue weighted by atomic mass is 19.4. The van der Waals surface area contributed by atoms with Gasteiger partial charge in [0, 0.05) is 20.0 Å². The van der Waals surface area contributed by atoms with Crippen molar-refractivity contribution in [2.45, 2.75) is 39.5 Å². The molecule has 0 atom stereocenters. The minimum absolute atomic E-state index is 0.0410. The maximum atomic E-state index is 13.1. The Bertz CT molecular complexity index is 595. The van der Waals surface area contributed by atoms with Crippen molar-refractivity contribution in [3.63, 3.8) is 0 Å². The van der Waals surface area contributed by atoms with Gasteiger partial charge in [-0.3, -0.25) is 4.79 Å². The molecule has 2 amide bonds. The lowest BCUT2D eigenvalue weighted by atomic mass is 10.1. The van der Waals surface area contributed by atoms with Gasteiger partial charge in [-0.15, -0.1) is 0 Å². The van der Waals surface area contributed by atoms with Crippen LogP contribution >= 0.6 is 0 Å². The van der Waals surface area contributed by atoms with Gasteiger partial charge in [-0.1, -0.05) is 12.1 Å². The first-order chi connectivity index (χ1) is 10.9. The number of halogens is 3. The number of hydrogen-bond donors (Lipinski definition) is 1. The zero-order valence-electron chi connectivity index (χ0n) is 14.0. The van der Waals surface area contributed by atoms with E-state index in [-0.39, 0.29) is 18.8 Å². The van der Waals surface area contributed by atoms with Gasteiger partial charge in [0.25, 0.3) is 0 Å². The van der Waals surface area contributed by atoms with E-state index in [4.69, 9.17) is 4.74 Å². The molecule has 0 aliphatic carbocycles. The number of carbonyl (C=O) groups is 2. The van der Waals surface area contributed by atoms with Crippen LogP contribution in [0.15, 0.2) is 24.3 Å². The molecule has 0 saturated carbocycles. The second-order valence-corrected chi connectivity index (χ2v) is 6.11. The number of anilines is 1. The zero-order valence-corrected chi connectivity index (χ0v) is 14.0. The molecule has 1 rings (SSSR count). The first-order valence-electron chi connectivity index (χ1n) is 7.33. The van der Waals surface area contributed by atoms with E-state index in [2.05, 4.69) is 5.32 Å². The molecule has 0 spiro atoms. The average Bonchev–Trinajstić information content (AvgIpc) is 2.40. The quantitative estimate of drug-likeness (QED) is 0.906. The van der Waals surface area contributed by atoms with Gasteiger partial charge in [0.1, 0.15) is 5.60 Å². The molecule has 0 fully saturated rings. The fourth-order valence-electron chi connectivity index (χ4n) is 1.98. The molecule has 134 valence electrons. The number of nitrogens with one attached hydrogen (secondary N) is 1. The summed E-state index contributed by atoms with van der Waals surface area (Å²) in [5, 5.41) is 2.42. The third-order valence-electron chi connectivity index (χ3n) is 2.88. The molecule has 0 radical (unpaired) electrons. The van der Waals surface area contributed by atoms with Gasteiger partial charge in [-0.25, -0.2) is 4.79 Å². The molecule has 0 bridgehead atoms. The van der Waals surface area contributed by atoms with Gasteiger partial charge >= 0.3 is 12.3 Å². The van der Waals surface area contributed by atoms with Gasteiger partial charge < -0.3 is 15.0 Å². The number of para-hydroxylation sites is 1. The Morgan fingerprint density at radius 3 is 2.25 bits per heavy atom. The summed E-state index contributed by atoms with van der Waals surface area (Å²) in [6.07, 6.45) is -5.28. The number of ether oxygens (including phenoxy) is 1. The van der Waals surface area contributed by atoms with Crippen LogP contribution in [0.3, 0.4) is 0 Å². The average molecular weight is 346 g/mol. The summed E-state index contributed by atoms with van der Waals surface area (Å²) >= 11 is 0. The van der Waals surface area contributed by atoms with Crippen molar-refractivity contribution in [2.75, 3.05) is 18.0 Å². The van der Waals surface area contributed by atoms with E-state index in [1.54, 1.807) is 20.8 Å². The molecule has 24 heavy (non-hydrogen) atoms. The summed E-state index contributed by atoms with van der Waals surface area (Å²) in [6, 6.07) is 4.80. The van der Waals surface area contributed by atoms with Crippen molar-refractivity contribution in [1.82, 2.24) is 5.32 Å². The number of rotatable bonds is 4. The van der Waals surface area contributed by atoms with Gasteiger partial charge in [0.05, 0.1) is 11.3 Å². The highest BCUT2D eigenvalue weighted by molar-refractivity contribution is 5.92. The first-order valence-corrected chi connectivity index (χ1v) is 7.33. The summed E-state index contributed by atoms with van der Waals surface area (Å²) in [6.45, 7) is 6.08. The molecule has 0 saturated heterocycles. The number of nitrogens with zero attached hydrogens (tertiary/aromatic N) is 1. The lowest BCUT2D eigenvalue weighted by Crippen LogP contribution is -2.40. The third-order valence-corrected chi connectivity index (χ3v) is 2.88. The molecule has 0 aliphatic rings. The minimum Gasteiger partial charge on any atom is -0.444 e. The van der Waals surface area contributed by atoms with Crippen LogP contribution in [-0.4, -0.2) is 30.7 Å². The van der Waals surface area contributed by atoms with Crippen molar-refractivity contribution in [3.8, 4) is 0 Å². The number of amides is 2. The van der Waals surface area contributed by atoms with Crippen LogP contribution in [-0.2, 0) is 15.7 Å². The highest BCUT2D eigenvalue weighted by Crippen LogP contribution is 2.36. The number of alkyl carbamates (subject to hydrolysis) is 1. The Hall–Kier alpha value is -2.25. The van der Waals surface area contributed by atoms with Gasteiger partial charge in [-0.2, -0.15) is 13.2 Å². The molecular weight excluding hydrogens is 325 g/mol. The summed E-state index contributed by atoms with van der Waals surface area (Å²) in [4.78, 5) is 24.3. The normalized spacial score (nSPS) is 11.8. The zero-order chi connectivity index (χ0) is 18.5. The molecule has 5 nitrogen and oxygen atoms in total. The number of hydrogen-bond acceptors (Lipinski definition) is 3. The minimum atomic E-state index is -4.58. The Balaban J connectivity index is 2.84. The summed E-state index contributed by atoms with van der Waals surface area (Å²) in [7, 11) is 0. The van der Waals surface area contributed by atoms with Crippen LogP contribution in [0, 0.1) is 0 Å². The summed E-state index contributed by atoms with van der Waals surface area (Å²) in [5.74, 6) is -0.558. The summed E-state index contributed by atoms with van der Waals surface area (Å²) in [5.41, 5.74) is -1.84. The van der Waals surface area contributed by atoms with E-state index in [9.17, 15) is 22.8 Å². The Labute approximate surface area is 138 Å². The molecule has 1 aromatic rings. The predicted molar refractivity (Wildman–Crippen MR) is 83.7 cm³/mol. The molecule has 0 unspecified atom stereocenters. The number of carbonyl (C=O) groups excluding carboxylic acids is 2. The van der Waals surface area contributed by atoms with Crippen LogP contribution in [0.1, 0.15) is 33.3 Å². The van der Waals surface area contributed by atoms with Crippen molar-refractivity contribution in [3.05, 3.63) is 29.8 Å². The fourth-order valence-corrected chi connectivity index (χ4v) is 1.98. The molecule has 0 heterocycles. The van der Waals surface area contributed by atoms with Gasteiger partial charge in [0.15, 0.2) is 0 Å². The predicted octanol–water partition coefficient (Wildman–Crippen LogP) is 3.58. The van der Waals surface area contributed by atoms with E-state index in [1.165, 1.54) is 25.1 Å². The lowest BCUT2D eigenvalue weighted by Gasteiger charge is -2.25. The molecule has 1 aromatic carbocycles. The Morgan fingerprint density at radius 1 is 1.17 bits per heavy atom. The lowest BCUT2D eigenvalue weighted by molar-refractivity contribution is -0.137. The van der Waals surface area contributed by atoms with Crippen molar-refractivity contribution < 1.29 is 27.5 Å². The maximum Gasteiger partial charge on any atom is 0.418 e. The Morgan fingerprint density at radius 2 is 1.75 bits per heavy atom. The van der Waals surface area contributed by atoms with E-state index in [0.717, 1.165) is 11.0 Å². The Kier molecular flexibility index (Phi) is 6.22. The number of alkyl halides is 3. The maximum absolute atomic E-state index is 13.1. The molecular formula is C16H21F3N2O3. The third kappa shape index (κ3) is 6.10. The van der Waals surface area contributed by atoms with E-state index in [1.807, 2.05) is 0 Å². The van der Waals surface area contributed by atoms with Gasteiger partial charge in [0.2, 0.25) is 5.91 Å². The summed E-state index contributed by atoms with van der Waals surface area (Å²) < 4.78 is 44.3. The van der Waals surface area contributed by atoms with Crippen molar-refractivity contribution in [1.29, 1.82) is 0 Å². The smallest absolute Gasteiger partial charge is 0.418 e. The topological polar surface area (TPSA) is 58.6 Å². The fraction of sp³-hybridized carbons (Fsp3) is 0.500. The van der Waals surface area contributed by atoms with Crippen LogP contribution < -0.4 is 10.2 Å². The number of benzene rings is 1. The molecule has 0 aliphatic heterocycles. The second kappa shape index (κ2) is 7.55. The van der Waals surface area contributed by atoms with E-state index in [0.29, 0.717) is 0 Å². The van der Waals surface area contributed by atoms with Crippen molar-refractivity contribution in [2.24, 2.45) is 0 Å². The molecule has 0 aromatic heterocycles. The van der Waals surface area contributed by atoms with Gasteiger partial charge in [-0.05, 0) is 32.9 Å². The first kappa shape index (κ1) is 19.8. The highest BCUT2D eigenvalue weighted by Gasteiger charge is 2.35. The SMILES string of the molecule is CC(=O)N(CCNC(=O)OC(C)(C)C)c1ccccc1C(F)(F)F.